The number of imidazole rings is 1. The lowest BCUT2D eigenvalue weighted by atomic mass is 10.2. The number of pyridine rings is 1. The first-order valence-electron chi connectivity index (χ1n) is 7.52. The summed E-state index contributed by atoms with van der Waals surface area (Å²) in [6.07, 6.45) is -2.57. The quantitative estimate of drug-likeness (QED) is 0.693. The Morgan fingerprint density at radius 3 is 2.30 bits per heavy atom. The van der Waals surface area contributed by atoms with Crippen LogP contribution in [0.3, 0.4) is 0 Å². The number of rotatable bonds is 3. The van der Waals surface area contributed by atoms with Crippen LogP contribution < -0.4 is 5.32 Å². The van der Waals surface area contributed by atoms with Gasteiger partial charge in [0.2, 0.25) is 0 Å². The van der Waals surface area contributed by atoms with E-state index in [9.17, 15) is 26.7 Å². The summed E-state index contributed by atoms with van der Waals surface area (Å²) < 4.78 is 66.6. The van der Waals surface area contributed by atoms with E-state index in [0.717, 1.165) is 24.4 Å². The van der Waals surface area contributed by atoms with E-state index < -0.39 is 35.0 Å². The first-order chi connectivity index (χ1) is 12.7. The van der Waals surface area contributed by atoms with Gasteiger partial charge in [-0.2, -0.15) is 13.2 Å². The molecule has 1 N–H and O–H groups in total. The van der Waals surface area contributed by atoms with Crippen molar-refractivity contribution in [2.45, 2.75) is 13.1 Å². The van der Waals surface area contributed by atoms with Gasteiger partial charge in [0.25, 0.3) is 5.91 Å². The summed E-state index contributed by atoms with van der Waals surface area (Å²) in [5.41, 5.74) is -1.54. The van der Waals surface area contributed by atoms with Gasteiger partial charge in [0.15, 0.2) is 5.69 Å². The number of anilines is 1. The van der Waals surface area contributed by atoms with Crippen molar-refractivity contribution in [3.05, 3.63) is 71.4 Å². The lowest BCUT2D eigenvalue weighted by molar-refractivity contribution is -0.141. The van der Waals surface area contributed by atoms with Crippen molar-refractivity contribution in [2.75, 3.05) is 5.32 Å². The van der Waals surface area contributed by atoms with Gasteiger partial charge in [0.05, 0.1) is 11.9 Å². The van der Waals surface area contributed by atoms with E-state index in [1.54, 1.807) is 0 Å². The minimum absolute atomic E-state index is 0.0276. The molecule has 1 amide bonds. The molecule has 140 valence electrons. The number of carbonyl (C=O) groups excluding carboxylic acids is 1. The third-order valence-electron chi connectivity index (χ3n) is 3.63. The number of hydrogen-bond donors (Lipinski definition) is 1. The van der Waals surface area contributed by atoms with Crippen LogP contribution in [-0.4, -0.2) is 20.4 Å². The van der Waals surface area contributed by atoms with Crippen LogP contribution in [0.1, 0.15) is 21.9 Å². The molecule has 0 radical (unpaired) electrons. The second-order valence-electron chi connectivity index (χ2n) is 5.49. The number of nitrogens with one attached hydrogen (secondary N) is 1. The second-order valence-corrected chi connectivity index (χ2v) is 5.49. The highest BCUT2D eigenvalue weighted by Crippen LogP contribution is 2.29. The highest BCUT2D eigenvalue weighted by molar-refractivity contribution is 6.04. The predicted octanol–water partition coefficient (Wildman–Crippen LogP) is 4.13. The van der Waals surface area contributed by atoms with Crippen LogP contribution in [0.4, 0.5) is 27.8 Å². The van der Waals surface area contributed by atoms with E-state index in [4.69, 9.17) is 0 Å². The molecule has 3 aromatic rings. The van der Waals surface area contributed by atoms with E-state index >= 15 is 0 Å². The van der Waals surface area contributed by atoms with Crippen LogP contribution in [0.5, 0.6) is 0 Å². The molecule has 1 aromatic carbocycles. The third kappa shape index (κ3) is 3.78. The molecule has 2 heterocycles. The van der Waals surface area contributed by atoms with Crippen molar-refractivity contribution in [2.24, 2.45) is 0 Å². The van der Waals surface area contributed by atoms with Crippen LogP contribution in [0.2, 0.25) is 0 Å². The molecule has 0 fully saturated rings. The van der Waals surface area contributed by atoms with Gasteiger partial charge >= 0.3 is 6.18 Å². The minimum atomic E-state index is -4.58. The second kappa shape index (κ2) is 6.78. The fourth-order valence-electron chi connectivity index (χ4n) is 2.37. The average molecular weight is 382 g/mol. The average Bonchev–Trinajstić information content (AvgIpc) is 2.97. The maximum atomic E-state index is 13.6. The van der Waals surface area contributed by atoms with Gasteiger partial charge in [-0.3, -0.25) is 4.79 Å². The Hall–Kier alpha value is -3.30. The van der Waals surface area contributed by atoms with Gasteiger partial charge in [0, 0.05) is 6.20 Å². The molecular formula is C17H11F5N4O. The number of halogens is 5. The Balaban J connectivity index is 1.82. The van der Waals surface area contributed by atoms with Crippen LogP contribution in [0.25, 0.3) is 5.69 Å². The molecule has 0 aliphatic carbocycles. The van der Waals surface area contributed by atoms with Crippen molar-refractivity contribution in [3.63, 3.8) is 0 Å². The summed E-state index contributed by atoms with van der Waals surface area (Å²) in [5.74, 6) is -3.03. The van der Waals surface area contributed by atoms with Crippen LogP contribution in [0.15, 0.2) is 42.7 Å². The van der Waals surface area contributed by atoms with Gasteiger partial charge < -0.3 is 9.88 Å². The maximum absolute atomic E-state index is 13.6. The number of aromatic nitrogens is 3. The summed E-state index contributed by atoms with van der Waals surface area (Å²) >= 11 is 0. The smallest absolute Gasteiger partial charge is 0.306 e. The molecule has 0 unspecified atom stereocenters. The van der Waals surface area contributed by atoms with Gasteiger partial charge in [0.1, 0.15) is 28.8 Å². The first-order valence-corrected chi connectivity index (χ1v) is 7.52. The normalized spacial score (nSPS) is 11.5. The summed E-state index contributed by atoms with van der Waals surface area (Å²) in [5, 5.41) is 2.23. The van der Waals surface area contributed by atoms with Crippen LogP contribution in [0, 0.1) is 18.6 Å². The van der Waals surface area contributed by atoms with Crippen molar-refractivity contribution in [1.29, 1.82) is 0 Å². The van der Waals surface area contributed by atoms with Crippen molar-refractivity contribution < 1.29 is 26.7 Å². The number of hydrogen-bond acceptors (Lipinski definition) is 3. The number of aryl methyl sites for hydroxylation is 1. The Morgan fingerprint density at radius 2 is 1.78 bits per heavy atom. The van der Waals surface area contributed by atoms with E-state index in [1.807, 2.05) is 0 Å². The molecule has 27 heavy (non-hydrogen) atoms. The predicted molar refractivity (Wildman–Crippen MR) is 85.4 cm³/mol. The summed E-state index contributed by atoms with van der Waals surface area (Å²) in [6, 6.07) is 5.67. The van der Waals surface area contributed by atoms with E-state index in [2.05, 4.69) is 15.3 Å². The molecule has 0 spiro atoms. The minimum Gasteiger partial charge on any atom is -0.306 e. The number of benzene rings is 1. The molecule has 3 rings (SSSR count). The molecule has 2 aromatic heterocycles. The lowest BCUT2D eigenvalue weighted by Gasteiger charge is -2.08. The van der Waals surface area contributed by atoms with Gasteiger partial charge in [-0.25, -0.2) is 18.7 Å². The molecule has 5 nitrogen and oxygen atoms in total. The topological polar surface area (TPSA) is 59.8 Å². The summed E-state index contributed by atoms with van der Waals surface area (Å²) in [4.78, 5) is 19.3. The molecule has 0 aliphatic rings. The zero-order chi connectivity index (χ0) is 19.8. The third-order valence-corrected chi connectivity index (χ3v) is 3.63. The summed E-state index contributed by atoms with van der Waals surface area (Å²) in [6.45, 7) is 1.39. The number of amides is 1. The zero-order valence-corrected chi connectivity index (χ0v) is 13.7. The van der Waals surface area contributed by atoms with Crippen LogP contribution in [-0.2, 0) is 6.18 Å². The van der Waals surface area contributed by atoms with Crippen molar-refractivity contribution >= 4 is 11.7 Å². The first kappa shape index (κ1) is 18.5. The molecule has 0 saturated heterocycles. The highest BCUT2D eigenvalue weighted by atomic mass is 19.4. The molecule has 10 heteroatoms. The lowest BCUT2D eigenvalue weighted by Crippen LogP contribution is -2.16. The fourth-order valence-corrected chi connectivity index (χ4v) is 2.37. The molecule has 0 aliphatic heterocycles. The molecular weight excluding hydrogens is 371 g/mol. The van der Waals surface area contributed by atoms with Crippen molar-refractivity contribution in [3.8, 4) is 5.69 Å². The highest BCUT2D eigenvalue weighted by Gasteiger charge is 2.34. The van der Waals surface area contributed by atoms with Crippen LogP contribution >= 0.6 is 0 Å². The number of nitrogens with zero attached hydrogens (tertiary/aromatic N) is 3. The van der Waals surface area contributed by atoms with Gasteiger partial charge in [-0.1, -0.05) is 6.07 Å². The van der Waals surface area contributed by atoms with Gasteiger partial charge in [-0.15, -0.1) is 0 Å². The fraction of sp³-hybridized carbons (Fsp3) is 0.118. The van der Waals surface area contributed by atoms with E-state index in [0.29, 0.717) is 0 Å². The monoisotopic (exact) mass is 382 g/mol. The zero-order valence-electron chi connectivity index (χ0n) is 13.7. The molecule has 0 atom stereocenters. The Kier molecular flexibility index (Phi) is 4.64. The van der Waals surface area contributed by atoms with E-state index in [1.165, 1.54) is 29.8 Å². The maximum Gasteiger partial charge on any atom is 0.434 e. The van der Waals surface area contributed by atoms with Crippen molar-refractivity contribution in [1.82, 2.24) is 14.5 Å². The molecule has 0 saturated carbocycles. The Bertz CT molecular complexity index is 975. The van der Waals surface area contributed by atoms with Gasteiger partial charge in [-0.05, 0) is 31.2 Å². The Labute approximate surface area is 149 Å². The molecule has 0 bridgehead atoms. The standard InChI is InChI=1S/C17H11F5N4O/c1-9-24-13(17(20,21)22)8-26(9)10-5-6-14(23-7-10)25-16(27)15-11(18)3-2-4-12(15)19/h2-8H,1H3,(H,23,25,27). The number of alkyl halides is 3. The largest absolute Gasteiger partial charge is 0.434 e. The Morgan fingerprint density at radius 1 is 1.11 bits per heavy atom. The SMILES string of the molecule is Cc1nc(C(F)(F)F)cn1-c1ccc(NC(=O)c2c(F)cccc2F)nc1. The summed E-state index contributed by atoms with van der Waals surface area (Å²) in [7, 11) is 0. The number of carbonyl (C=O) groups is 1. The van der Waals surface area contributed by atoms with E-state index in [-0.39, 0.29) is 17.3 Å².